The van der Waals surface area contributed by atoms with Gasteiger partial charge in [-0.1, -0.05) is 42.5 Å². The minimum atomic E-state index is -0.157. The molecule has 1 aliphatic carbocycles. The molecule has 0 heterocycles. The molecule has 0 saturated heterocycles. The third kappa shape index (κ3) is 4.06. The molecule has 3 aromatic rings. The van der Waals surface area contributed by atoms with Gasteiger partial charge in [-0.2, -0.15) is 0 Å². The number of hydrogen-bond acceptors (Lipinski definition) is 2. The van der Waals surface area contributed by atoms with E-state index in [1.807, 2.05) is 54.6 Å². The van der Waals surface area contributed by atoms with Crippen molar-refractivity contribution in [1.82, 2.24) is 5.32 Å². The lowest BCUT2D eigenvalue weighted by atomic mass is 9.90. The summed E-state index contributed by atoms with van der Waals surface area (Å²) < 4.78 is 0. The van der Waals surface area contributed by atoms with Crippen molar-refractivity contribution in [3.8, 4) is 0 Å². The lowest BCUT2D eigenvalue weighted by Crippen LogP contribution is -2.27. The molecule has 0 atom stereocenters. The molecule has 0 radical (unpaired) electrons. The van der Waals surface area contributed by atoms with Crippen LogP contribution in [-0.2, 0) is 17.6 Å². The molecule has 4 rings (SSSR count). The Hall–Kier alpha value is -3.14. The summed E-state index contributed by atoms with van der Waals surface area (Å²) in [6.07, 6.45) is 4.74. The number of amides is 2. The van der Waals surface area contributed by atoms with Gasteiger partial charge in [0.2, 0.25) is 5.91 Å². The van der Waals surface area contributed by atoms with E-state index in [4.69, 9.17) is 0 Å². The van der Waals surface area contributed by atoms with Gasteiger partial charge in [-0.05, 0) is 65.8 Å². The van der Waals surface area contributed by atoms with Gasteiger partial charge in [0.25, 0.3) is 5.91 Å². The van der Waals surface area contributed by atoms with Crippen LogP contribution in [0.25, 0.3) is 10.8 Å². The number of carbonyl (C=O) groups excluding carboxylic acids is 2. The number of rotatable bonds is 5. The molecule has 28 heavy (non-hydrogen) atoms. The highest BCUT2D eigenvalue weighted by atomic mass is 16.2. The third-order valence-corrected chi connectivity index (χ3v) is 5.32. The summed E-state index contributed by atoms with van der Waals surface area (Å²) in [7, 11) is 0. The molecule has 1 aliphatic rings. The molecule has 2 amide bonds. The topological polar surface area (TPSA) is 58.2 Å². The van der Waals surface area contributed by atoms with Gasteiger partial charge in [-0.15, -0.1) is 0 Å². The molecule has 0 spiro atoms. The second-order valence-electron chi connectivity index (χ2n) is 7.27. The minimum absolute atomic E-state index is 0.0715. The molecule has 2 N–H and O–H groups in total. The van der Waals surface area contributed by atoms with E-state index < -0.39 is 0 Å². The van der Waals surface area contributed by atoms with Gasteiger partial charge >= 0.3 is 0 Å². The number of carbonyl (C=O) groups is 2. The highest BCUT2D eigenvalue weighted by Gasteiger charge is 2.14. The Balaban J connectivity index is 1.32. The zero-order chi connectivity index (χ0) is 19.3. The van der Waals surface area contributed by atoms with Gasteiger partial charge in [0, 0.05) is 24.2 Å². The van der Waals surface area contributed by atoms with Crippen molar-refractivity contribution in [2.45, 2.75) is 32.1 Å². The smallest absolute Gasteiger partial charge is 0.251 e. The molecule has 0 saturated carbocycles. The first-order valence-corrected chi connectivity index (χ1v) is 9.88. The predicted octanol–water partition coefficient (Wildman–Crippen LogP) is 4.48. The van der Waals surface area contributed by atoms with E-state index in [-0.39, 0.29) is 18.2 Å². The molecule has 0 fully saturated rings. The molecule has 0 unspecified atom stereocenters. The fourth-order valence-electron chi connectivity index (χ4n) is 3.83. The van der Waals surface area contributed by atoms with E-state index >= 15 is 0 Å². The van der Waals surface area contributed by atoms with Gasteiger partial charge in [0.1, 0.15) is 0 Å². The Labute approximate surface area is 165 Å². The molecular formula is C24H24N2O2. The van der Waals surface area contributed by atoms with Gasteiger partial charge < -0.3 is 10.6 Å². The minimum Gasteiger partial charge on any atom is -0.352 e. The predicted molar refractivity (Wildman–Crippen MR) is 113 cm³/mol. The summed E-state index contributed by atoms with van der Waals surface area (Å²) >= 11 is 0. The number of aryl methyl sites for hydroxylation is 1. The van der Waals surface area contributed by atoms with Crippen LogP contribution in [0.3, 0.4) is 0 Å². The second-order valence-corrected chi connectivity index (χ2v) is 7.27. The zero-order valence-corrected chi connectivity index (χ0v) is 15.8. The van der Waals surface area contributed by atoms with E-state index in [0.717, 1.165) is 29.3 Å². The summed E-state index contributed by atoms with van der Waals surface area (Å²) in [6, 6.07) is 19.7. The number of anilines is 1. The van der Waals surface area contributed by atoms with Crippen LogP contribution in [-0.4, -0.2) is 18.4 Å². The summed E-state index contributed by atoms with van der Waals surface area (Å²) in [5.74, 6) is -0.228. The average molecular weight is 372 g/mol. The molecule has 0 aliphatic heterocycles. The van der Waals surface area contributed by atoms with Crippen LogP contribution in [0.1, 0.15) is 40.7 Å². The van der Waals surface area contributed by atoms with Crippen LogP contribution in [0.4, 0.5) is 5.69 Å². The number of benzene rings is 3. The summed E-state index contributed by atoms with van der Waals surface area (Å²) in [6.45, 7) is 0.312. The maximum Gasteiger partial charge on any atom is 0.251 e. The Bertz CT molecular complexity index is 1030. The Morgan fingerprint density at radius 1 is 0.857 bits per heavy atom. The van der Waals surface area contributed by atoms with Crippen molar-refractivity contribution < 1.29 is 9.59 Å². The van der Waals surface area contributed by atoms with Crippen LogP contribution in [0, 0.1) is 0 Å². The van der Waals surface area contributed by atoms with Gasteiger partial charge in [-0.25, -0.2) is 0 Å². The molecule has 142 valence electrons. The van der Waals surface area contributed by atoms with Crippen LogP contribution < -0.4 is 10.6 Å². The van der Waals surface area contributed by atoms with Crippen molar-refractivity contribution in [2.24, 2.45) is 0 Å². The van der Waals surface area contributed by atoms with E-state index in [0.29, 0.717) is 12.1 Å². The lowest BCUT2D eigenvalue weighted by Gasteiger charge is -2.19. The van der Waals surface area contributed by atoms with Crippen LogP contribution in [0.2, 0.25) is 0 Å². The monoisotopic (exact) mass is 372 g/mol. The third-order valence-electron chi connectivity index (χ3n) is 5.32. The first kappa shape index (κ1) is 18.2. The van der Waals surface area contributed by atoms with Crippen molar-refractivity contribution in [3.05, 3.63) is 77.4 Å². The Kier molecular flexibility index (Phi) is 5.38. The van der Waals surface area contributed by atoms with E-state index in [9.17, 15) is 9.59 Å². The van der Waals surface area contributed by atoms with Gasteiger partial charge in [-0.3, -0.25) is 9.59 Å². The fourth-order valence-corrected chi connectivity index (χ4v) is 3.83. The largest absolute Gasteiger partial charge is 0.352 e. The first-order valence-electron chi connectivity index (χ1n) is 9.88. The quantitative estimate of drug-likeness (QED) is 0.694. The highest BCUT2D eigenvalue weighted by molar-refractivity contribution is 5.99. The molecule has 3 aromatic carbocycles. The second kappa shape index (κ2) is 8.26. The zero-order valence-electron chi connectivity index (χ0n) is 15.8. The number of fused-ring (bicyclic) bond motifs is 2. The van der Waals surface area contributed by atoms with E-state index in [1.54, 1.807) is 0 Å². The molecule has 4 heteroatoms. The summed E-state index contributed by atoms with van der Waals surface area (Å²) in [4.78, 5) is 24.7. The van der Waals surface area contributed by atoms with Crippen molar-refractivity contribution in [1.29, 1.82) is 0 Å². The van der Waals surface area contributed by atoms with E-state index in [1.165, 1.54) is 24.0 Å². The number of hydrogen-bond donors (Lipinski definition) is 2. The van der Waals surface area contributed by atoms with Gasteiger partial charge in [0.15, 0.2) is 0 Å². The highest BCUT2D eigenvalue weighted by Crippen LogP contribution is 2.27. The normalized spacial score (nSPS) is 13.0. The molecule has 0 bridgehead atoms. The van der Waals surface area contributed by atoms with Gasteiger partial charge in [0.05, 0.1) is 0 Å². The molecular weight excluding hydrogens is 348 g/mol. The van der Waals surface area contributed by atoms with Crippen molar-refractivity contribution in [2.75, 3.05) is 11.9 Å². The Morgan fingerprint density at radius 2 is 1.68 bits per heavy atom. The maximum absolute atomic E-state index is 12.4. The fraction of sp³-hybridized carbons (Fsp3) is 0.250. The van der Waals surface area contributed by atoms with Crippen LogP contribution in [0.15, 0.2) is 60.7 Å². The van der Waals surface area contributed by atoms with Crippen LogP contribution in [0.5, 0.6) is 0 Å². The summed E-state index contributed by atoms with van der Waals surface area (Å²) in [5, 5.41) is 7.99. The van der Waals surface area contributed by atoms with Crippen molar-refractivity contribution in [3.63, 3.8) is 0 Å². The van der Waals surface area contributed by atoms with E-state index in [2.05, 4.69) is 16.7 Å². The lowest BCUT2D eigenvalue weighted by molar-refractivity contribution is -0.116. The molecule has 0 aromatic heterocycles. The average Bonchev–Trinajstić information content (AvgIpc) is 2.73. The van der Waals surface area contributed by atoms with Crippen LogP contribution >= 0.6 is 0 Å². The van der Waals surface area contributed by atoms with Crippen molar-refractivity contribution >= 4 is 28.3 Å². The molecule has 4 nitrogen and oxygen atoms in total. The maximum atomic E-state index is 12.4. The first-order chi connectivity index (χ1) is 13.7. The summed E-state index contributed by atoms with van der Waals surface area (Å²) in [5.41, 5.74) is 4.13. The Morgan fingerprint density at radius 3 is 2.57 bits per heavy atom. The SMILES string of the molecule is O=C(CCNC(=O)c1ccc2ccccc2c1)Nc1cccc2c1CCCC2. The standard InChI is InChI=1S/C24H24N2O2/c27-23(26-22-11-5-9-18-7-3-4-10-21(18)22)14-15-25-24(28)20-13-12-17-6-1-2-8-19(17)16-20/h1-2,5-6,8-9,11-13,16H,3-4,7,10,14-15H2,(H,25,28)(H,26,27). The number of nitrogens with one attached hydrogen (secondary N) is 2.